The number of carbonyl (C=O) groups is 1. The molecule has 0 aliphatic heterocycles. The molecule has 3 atom stereocenters. The summed E-state index contributed by atoms with van der Waals surface area (Å²) in [6.45, 7) is 4.54. The second-order valence-corrected chi connectivity index (χ2v) is 26.6. The van der Waals surface area contributed by atoms with Gasteiger partial charge in [0.1, 0.15) is 13.2 Å². The third-order valence-corrected chi connectivity index (χ3v) is 16.7. The normalized spacial score (nSPS) is 14.3. The number of nitrogens with zero attached hydrogens (tertiary/aromatic N) is 1. The van der Waals surface area contributed by atoms with Crippen molar-refractivity contribution in [2.45, 2.75) is 328 Å². The molecule has 0 heterocycles. The molecule has 1 amide bonds. The molecule has 0 saturated heterocycles. The number of amides is 1. The number of hydrogen-bond acceptors (Lipinski definition) is 6. The zero-order chi connectivity index (χ0) is 61.9. The SMILES string of the molecule is CC/C=C\C/C=C\C/C=C\C/C=C\C/C=C\C/C=C\C/C=C\CCCCCCCCCCCCCCCCCC(=O)NC(COP(=O)([O-])OCC[N+](C)(C)C)C(O)/C=C/CC/C=C/CCCCCCCCCCCCCCCCCCCCCC. The van der Waals surface area contributed by atoms with Crippen LogP contribution in [0.2, 0.25) is 0 Å². The van der Waals surface area contributed by atoms with Gasteiger partial charge in [0, 0.05) is 6.42 Å². The lowest BCUT2D eigenvalue weighted by Crippen LogP contribution is -2.45. The van der Waals surface area contributed by atoms with E-state index in [9.17, 15) is 19.4 Å². The molecule has 0 aromatic carbocycles. The molecule has 0 aliphatic rings. The molecular weight excluding hydrogens is 1070 g/mol. The van der Waals surface area contributed by atoms with E-state index >= 15 is 0 Å². The molecule has 0 fully saturated rings. The molecular formula is C76H137N2O6P. The van der Waals surface area contributed by atoms with Gasteiger partial charge in [0.25, 0.3) is 7.82 Å². The lowest BCUT2D eigenvalue weighted by atomic mass is 10.0. The molecule has 0 saturated carbocycles. The maximum Gasteiger partial charge on any atom is 0.268 e. The highest BCUT2D eigenvalue weighted by molar-refractivity contribution is 7.45. The monoisotopic (exact) mass is 1210 g/mol. The number of likely N-dealkylation sites (N-methyl/N-ethyl adjacent to an activating group) is 1. The molecule has 0 spiro atoms. The Kier molecular flexibility index (Phi) is 63.4. The summed E-state index contributed by atoms with van der Waals surface area (Å²) in [7, 11) is 1.24. The van der Waals surface area contributed by atoms with Gasteiger partial charge in [-0.25, -0.2) is 0 Å². The van der Waals surface area contributed by atoms with Gasteiger partial charge in [-0.15, -0.1) is 0 Å². The average Bonchev–Trinajstić information content (AvgIpc) is 3.49. The highest BCUT2D eigenvalue weighted by Gasteiger charge is 2.23. The molecule has 2 N–H and O–H groups in total. The van der Waals surface area contributed by atoms with Crippen molar-refractivity contribution in [3.05, 3.63) is 109 Å². The van der Waals surface area contributed by atoms with Crippen LogP contribution in [0.1, 0.15) is 316 Å². The van der Waals surface area contributed by atoms with E-state index in [1.165, 1.54) is 212 Å². The topological polar surface area (TPSA) is 108 Å². The standard InChI is InChI=1S/C76H137N2O6P/c1-6-8-10-12-14-16-18-20-22-24-26-28-30-32-34-35-36-37-38-39-40-41-42-43-44-46-48-50-52-54-56-58-60-62-64-66-68-70-76(80)77-74(73-84-85(81,82)83-72-71-78(3,4)5)75(79)69-67-65-63-61-59-57-55-53-51-49-47-45-33-31-29-27-25-23-21-19-17-15-13-11-9-7-2/h8,10,14,16,20,22,26,28,32,34,36-37,39-40,59,61,67,69,74-75,79H,6-7,9,11-13,15,17-19,21,23-25,27,29-31,33,35,38,41-58,60,62-66,68,70-73H2,1-5H3,(H-,77,80,81,82)/b10-8-,16-14-,22-20-,28-26-,34-32-,37-36-,40-39-,61-59+,69-67+. The Morgan fingerprint density at radius 2 is 0.729 bits per heavy atom. The number of aliphatic hydroxyl groups is 1. The number of unbranched alkanes of at least 4 members (excludes halogenated alkanes) is 36. The lowest BCUT2D eigenvalue weighted by Gasteiger charge is -2.29. The fourth-order valence-corrected chi connectivity index (χ4v) is 10.9. The van der Waals surface area contributed by atoms with E-state index in [1.54, 1.807) is 6.08 Å². The first-order chi connectivity index (χ1) is 41.5. The first-order valence-electron chi connectivity index (χ1n) is 35.7. The van der Waals surface area contributed by atoms with Crippen molar-refractivity contribution in [2.75, 3.05) is 40.9 Å². The summed E-state index contributed by atoms with van der Waals surface area (Å²) in [5, 5.41) is 13.9. The Labute approximate surface area is 527 Å². The molecule has 3 unspecified atom stereocenters. The van der Waals surface area contributed by atoms with Crippen molar-refractivity contribution in [3.8, 4) is 0 Å². The number of rotatable bonds is 65. The van der Waals surface area contributed by atoms with Gasteiger partial charge >= 0.3 is 0 Å². The summed E-state index contributed by atoms with van der Waals surface area (Å²) in [4.78, 5) is 25.6. The number of hydrogen-bond donors (Lipinski definition) is 2. The molecule has 9 heteroatoms. The van der Waals surface area contributed by atoms with Crippen LogP contribution in [0.3, 0.4) is 0 Å². The number of phosphoric ester groups is 1. The van der Waals surface area contributed by atoms with Gasteiger partial charge in [-0.05, 0) is 89.9 Å². The van der Waals surface area contributed by atoms with E-state index in [0.717, 1.165) is 83.5 Å². The molecule has 492 valence electrons. The van der Waals surface area contributed by atoms with Gasteiger partial charge in [-0.1, -0.05) is 329 Å². The van der Waals surface area contributed by atoms with Gasteiger partial charge in [0.2, 0.25) is 5.91 Å². The lowest BCUT2D eigenvalue weighted by molar-refractivity contribution is -0.870. The highest BCUT2D eigenvalue weighted by Crippen LogP contribution is 2.38. The second-order valence-electron chi connectivity index (χ2n) is 25.2. The van der Waals surface area contributed by atoms with Crippen molar-refractivity contribution < 1.29 is 32.9 Å². The summed E-state index contributed by atoms with van der Waals surface area (Å²) in [6, 6.07) is -0.911. The van der Waals surface area contributed by atoms with Crippen LogP contribution >= 0.6 is 7.82 Å². The Balaban J connectivity index is 4.09. The molecule has 0 aliphatic carbocycles. The minimum atomic E-state index is -4.62. The summed E-state index contributed by atoms with van der Waals surface area (Å²) in [6.07, 6.45) is 96.4. The fourth-order valence-electron chi connectivity index (χ4n) is 10.2. The molecule has 0 rings (SSSR count). The zero-order valence-electron chi connectivity index (χ0n) is 56.3. The third kappa shape index (κ3) is 68.5. The fraction of sp³-hybridized carbons (Fsp3) is 0.750. The van der Waals surface area contributed by atoms with Crippen molar-refractivity contribution >= 4 is 13.7 Å². The minimum absolute atomic E-state index is 0.00941. The van der Waals surface area contributed by atoms with E-state index in [1.807, 2.05) is 27.2 Å². The maximum atomic E-state index is 13.0. The van der Waals surface area contributed by atoms with Gasteiger partial charge in [-0.2, -0.15) is 0 Å². The van der Waals surface area contributed by atoms with Crippen LogP contribution in [0.15, 0.2) is 109 Å². The number of quaternary nitrogens is 1. The van der Waals surface area contributed by atoms with Gasteiger partial charge in [-0.3, -0.25) is 9.36 Å². The van der Waals surface area contributed by atoms with Crippen LogP contribution in [0, 0.1) is 0 Å². The average molecular weight is 1210 g/mol. The van der Waals surface area contributed by atoms with Gasteiger partial charge in [0.05, 0.1) is 39.9 Å². The van der Waals surface area contributed by atoms with E-state index in [2.05, 4.69) is 116 Å². The number of phosphoric acid groups is 1. The van der Waals surface area contributed by atoms with Crippen LogP contribution < -0.4 is 10.2 Å². The van der Waals surface area contributed by atoms with Gasteiger partial charge < -0.3 is 28.8 Å². The van der Waals surface area contributed by atoms with Crippen LogP contribution in [0.25, 0.3) is 0 Å². The van der Waals surface area contributed by atoms with Crippen LogP contribution in [0.5, 0.6) is 0 Å². The minimum Gasteiger partial charge on any atom is -0.756 e. The van der Waals surface area contributed by atoms with Crippen LogP contribution in [-0.2, 0) is 18.4 Å². The van der Waals surface area contributed by atoms with Crippen molar-refractivity contribution in [2.24, 2.45) is 0 Å². The summed E-state index contributed by atoms with van der Waals surface area (Å²) < 4.78 is 23.4. The van der Waals surface area contributed by atoms with Crippen LogP contribution in [-0.4, -0.2) is 68.5 Å². The number of aliphatic hydroxyl groups excluding tert-OH is 1. The Morgan fingerprint density at radius 1 is 0.424 bits per heavy atom. The predicted molar refractivity (Wildman–Crippen MR) is 371 cm³/mol. The summed E-state index contributed by atoms with van der Waals surface area (Å²) in [5.74, 6) is -0.207. The first-order valence-corrected chi connectivity index (χ1v) is 37.2. The van der Waals surface area contributed by atoms with E-state index in [0.29, 0.717) is 17.4 Å². The Morgan fingerprint density at radius 3 is 1.09 bits per heavy atom. The van der Waals surface area contributed by atoms with Crippen molar-refractivity contribution in [1.29, 1.82) is 0 Å². The molecule has 0 bridgehead atoms. The molecule has 8 nitrogen and oxygen atoms in total. The Bertz CT molecular complexity index is 1760. The molecule has 0 aromatic heterocycles. The second kappa shape index (κ2) is 65.6. The van der Waals surface area contributed by atoms with E-state index in [4.69, 9.17) is 9.05 Å². The Hall–Kier alpha value is -2.84. The quantitative estimate of drug-likeness (QED) is 0.0272. The van der Waals surface area contributed by atoms with Gasteiger partial charge in [0.15, 0.2) is 0 Å². The smallest absolute Gasteiger partial charge is 0.268 e. The predicted octanol–water partition coefficient (Wildman–Crippen LogP) is 22.4. The maximum absolute atomic E-state index is 13.0. The molecule has 85 heavy (non-hydrogen) atoms. The van der Waals surface area contributed by atoms with Crippen molar-refractivity contribution in [3.63, 3.8) is 0 Å². The zero-order valence-corrected chi connectivity index (χ0v) is 57.2. The number of carbonyl (C=O) groups excluding carboxylic acids is 1. The number of nitrogens with one attached hydrogen (secondary N) is 1. The van der Waals surface area contributed by atoms with Crippen LogP contribution in [0.4, 0.5) is 0 Å². The summed E-state index contributed by atoms with van der Waals surface area (Å²) in [5.41, 5.74) is 0. The number of allylic oxidation sites excluding steroid dienone is 17. The molecule has 0 aromatic rings. The molecule has 0 radical (unpaired) electrons. The van der Waals surface area contributed by atoms with Crippen molar-refractivity contribution in [1.82, 2.24) is 5.32 Å². The summed E-state index contributed by atoms with van der Waals surface area (Å²) >= 11 is 0. The highest BCUT2D eigenvalue weighted by atomic mass is 31.2. The van der Waals surface area contributed by atoms with E-state index in [-0.39, 0.29) is 12.5 Å². The largest absolute Gasteiger partial charge is 0.756 e. The third-order valence-electron chi connectivity index (χ3n) is 15.7. The van der Waals surface area contributed by atoms with E-state index < -0.39 is 26.6 Å². The first kappa shape index (κ1) is 82.2.